The highest BCUT2D eigenvalue weighted by molar-refractivity contribution is 7.99. The summed E-state index contributed by atoms with van der Waals surface area (Å²) in [7, 11) is 0. The van der Waals surface area contributed by atoms with Gasteiger partial charge in [-0.25, -0.2) is 4.98 Å². The molecule has 1 aliphatic carbocycles. The van der Waals surface area contributed by atoms with Gasteiger partial charge in [0.1, 0.15) is 0 Å². The number of carbonyl (C=O) groups is 1. The summed E-state index contributed by atoms with van der Waals surface area (Å²) < 4.78 is 7.43. The lowest BCUT2D eigenvalue weighted by molar-refractivity contribution is -0.118. The summed E-state index contributed by atoms with van der Waals surface area (Å²) >= 11 is 1.34. The number of rotatable bonds is 7. The summed E-state index contributed by atoms with van der Waals surface area (Å²) in [6.45, 7) is 1.99. The van der Waals surface area contributed by atoms with E-state index in [0.29, 0.717) is 28.5 Å². The standard InChI is InChI=1S/C22H29N3O3S/c26-20(23-13-16-7-2-1-3-8-16)15-29-22-24-19-11-5-4-10-18(19)21(27)25(22)14-17-9-6-12-28-17/h4-5,10-11,16-17H,1-3,6-9,12-15H2,(H,23,26)/t17-/m1/s1. The Balaban J connectivity index is 1.46. The molecule has 1 amide bonds. The summed E-state index contributed by atoms with van der Waals surface area (Å²) in [4.78, 5) is 30.1. The van der Waals surface area contributed by atoms with Crippen molar-refractivity contribution in [2.24, 2.45) is 5.92 Å². The maximum atomic E-state index is 13.1. The van der Waals surface area contributed by atoms with Gasteiger partial charge in [-0.15, -0.1) is 0 Å². The molecule has 1 saturated carbocycles. The highest BCUT2D eigenvalue weighted by atomic mass is 32.2. The Hall–Kier alpha value is -1.86. The number of para-hydroxylation sites is 1. The van der Waals surface area contributed by atoms with Crippen LogP contribution in [0.2, 0.25) is 0 Å². The van der Waals surface area contributed by atoms with Crippen molar-refractivity contribution in [3.63, 3.8) is 0 Å². The van der Waals surface area contributed by atoms with E-state index in [1.54, 1.807) is 4.57 Å². The van der Waals surface area contributed by atoms with Crippen LogP contribution in [0, 0.1) is 5.92 Å². The van der Waals surface area contributed by atoms with E-state index in [-0.39, 0.29) is 23.3 Å². The fourth-order valence-electron chi connectivity index (χ4n) is 4.24. The molecule has 1 aromatic carbocycles. The first-order valence-corrected chi connectivity index (χ1v) is 11.7. The minimum absolute atomic E-state index is 0.00616. The molecular weight excluding hydrogens is 386 g/mol. The monoisotopic (exact) mass is 415 g/mol. The number of hydrogen-bond acceptors (Lipinski definition) is 5. The number of fused-ring (bicyclic) bond motifs is 1. The second-order valence-electron chi connectivity index (χ2n) is 8.06. The lowest BCUT2D eigenvalue weighted by Gasteiger charge is -2.21. The van der Waals surface area contributed by atoms with Crippen LogP contribution in [0.5, 0.6) is 0 Å². The quantitative estimate of drug-likeness (QED) is 0.554. The van der Waals surface area contributed by atoms with Crippen LogP contribution in [0.1, 0.15) is 44.9 Å². The molecule has 7 heteroatoms. The van der Waals surface area contributed by atoms with Gasteiger partial charge in [0.25, 0.3) is 5.56 Å². The second kappa shape index (κ2) is 9.76. The van der Waals surface area contributed by atoms with Crippen molar-refractivity contribution in [1.29, 1.82) is 0 Å². The third-order valence-electron chi connectivity index (χ3n) is 5.88. The molecular formula is C22H29N3O3S. The highest BCUT2D eigenvalue weighted by Crippen LogP contribution is 2.23. The first-order valence-electron chi connectivity index (χ1n) is 10.7. The van der Waals surface area contributed by atoms with Crippen LogP contribution < -0.4 is 10.9 Å². The Labute approximate surface area is 175 Å². The molecule has 29 heavy (non-hydrogen) atoms. The van der Waals surface area contributed by atoms with Crippen molar-refractivity contribution < 1.29 is 9.53 Å². The van der Waals surface area contributed by atoms with Gasteiger partial charge in [-0.1, -0.05) is 43.2 Å². The summed E-state index contributed by atoms with van der Waals surface area (Å²) in [5.41, 5.74) is 0.613. The minimum atomic E-state index is -0.0591. The van der Waals surface area contributed by atoms with E-state index in [2.05, 4.69) is 5.32 Å². The van der Waals surface area contributed by atoms with E-state index in [1.807, 2.05) is 24.3 Å². The molecule has 1 aromatic heterocycles. The number of hydrogen-bond donors (Lipinski definition) is 1. The molecule has 1 saturated heterocycles. The molecule has 1 aliphatic heterocycles. The van der Waals surface area contributed by atoms with Crippen molar-refractivity contribution in [2.45, 2.75) is 62.8 Å². The summed E-state index contributed by atoms with van der Waals surface area (Å²) in [5.74, 6) is 0.879. The van der Waals surface area contributed by atoms with Crippen molar-refractivity contribution in [1.82, 2.24) is 14.9 Å². The molecule has 0 radical (unpaired) electrons. The van der Waals surface area contributed by atoms with Gasteiger partial charge in [0.15, 0.2) is 5.16 Å². The maximum Gasteiger partial charge on any atom is 0.262 e. The highest BCUT2D eigenvalue weighted by Gasteiger charge is 2.21. The normalized spacial score (nSPS) is 20.2. The van der Waals surface area contributed by atoms with Crippen molar-refractivity contribution in [2.75, 3.05) is 18.9 Å². The zero-order valence-corrected chi connectivity index (χ0v) is 17.6. The average Bonchev–Trinajstić information content (AvgIpc) is 3.27. The van der Waals surface area contributed by atoms with Gasteiger partial charge in [-0.3, -0.25) is 14.2 Å². The number of nitrogens with one attached hydrogen (secondary N) is 1. The molecule has 0 bridgehead atoms. The van der Waals surface area contributed by atoms with Gasteiger partial charge in [-0.05, 0) is 43.7 Å². The van der Waals surface area contributed by atoms with E-state index in [1.165, 1.54) is 43.9 Å². The van der Waals surface area contributed by atoms with Gasteiger partial charge < -0.3 is 10.1 Å². The Bertz CT molecular complexity index is 902. The van der Waals surface area contributed by atoms with Crippen LogP contribution in [0.3, 0.4) is 0 Å². The third-order valence-corrected chi connectivity index (χ3v) is 6.86. The zero-order valence-electron chi connectivity index (χ0n) is 16.8. The molecule has 6 nitrogen and oxygen atoms in total. The minimum Gasteiger partial charge on any atom is -0.376 e. The van der Waals surface area contributed by atoms with Gasteiger partial charge in [-0.2, -0.15) is 0 Å². The van der Waals surface area contributed by atoms with E-state index < -0.39 is 0 Å². The summed E-state index contributed by atoms with van der Waals surface area (Å²) in [6, 6.07) is 7.39. The number of benzene rings is 1. The lowest BCUT2D eigenvalue weighted by Crippen LogP contribution is -2.32. The SMILES string of the molecule is O=C(CSc1nc2ccccc2c(=O)n1C[C@H]1CCCO1)NCC1CCCCC1. The van der Waals surface area contributed by atoms with Crippen molar-refractivity contribution in [3.05, 3.63) is 34.6 Å². The molecule has 0 spiro atoms. The maximum absolute atomic E-state index is 13.1. The van der Waals surface area contributed by atoms with Crippen LogP contribution in [0.25, 0.3) is 10.9 Å². The van der Waals surface area contributed by atoms with E-state index in [0.717, 1.165) is 26.0 Å². The molecule has 1 atom stereocenters. The Morgan fingerprint density at radius 3 is 2.79 bits per heavy atom. The zero-order chi connectivity index (χ0) is 20.1. The lowest BCUT2D eigenvalue weighted by atomic mass is 9.89. The number of aromatic nitrogens is 2. The number of ether oxygens (including phenoxy) is 1. The number of carbonyl (C=O) groups excluding carboxylic acids is 1. The fourth-order valence-corrected chi connectivity index (χ4v) is 5.08. The number of thioether (sulfide) groups is 1. The van der Waals surface area contributed by atoms with Crippen LogP contribution in [0.15, 0.2) is 34.2 Å². The van der Waals surface area contributed by atoms with Crippen LogP contribution in [0.4, 0.5) is 0 Å². The molecule has 2 heterocycles. The Morgan fingerprint density at radius 1 is 1.17 bits per heavy atom. The van der Waals surface area contributed by atoms with Gasteiger partial charge in [0.2, 0.25) is 5.91 Å². The number of amides is 1. The molecule has 0 unspecified atom stereocenters. The topological polar surface area (TPSA) is 73.2 Å². The first kappa shape index (κ1) is 20.4. The predicted molar refractivity (Wildman–Crippen MR) is 115 cm³/mol. The predicted octanol–water partition coefficient (Wildman–Crippen LogP) is 3.36. The average molecular weight is 416 g/mol. The fraction of sp³-hybridized carbons (Fsp3) is 0.591. The largest absolute Gasteiger partial charge is 0.376 e. The second-order valence-corrected chi connectivity index (χ2v) is 9.00. The molecule has 4 rings (SSSR count). The van der Waals surface area contributed by atoms with Crippen LogP contribution in [-0.2, 0) is 16.1 Å². The third kappa shape index (κ3) is 5.20. The Kier molecular flexibility index (Phi) is 6.87. The Morgan fingerprint density at radius 2 is 2.00 bits per heavy atom. The first-order chi connectivity index (χ1) is 14.2. The molecule has 156 valence electrons. The molecule has 2 aromatic rings. The molecule has 1 N–H and O–H groups in total. The number of nitrogens with zero attached hydrogens (tertiary/aromatic N) is 2. The van der Waals surface area contributed by atoms with Gasteiger partial charge in [0, 0.05) is 13.2 Å². The van der Waals surface area contributed by atoms with E-state index in [4.69, 9.17) is 9.72 Å². The summed E-state index contributed by atoms with van der Waals surface area (Å²) in [5, 5.41) is 4.27. The van der Waals surface area contributed by atoms with Crippen molar-refractivity contribution in [3.8, 4) is 0 Å². The molecule has 2 aliphatic rings. The van der Waals surface area contributed by atoms with Crippen LogP contribution >= 0.6 is 11.8 Å². The van der Waals surface area contributed by atoms with E-state index in [9.17, 15) is 9.59 Å². The van der Waals surface area contributed by atoms with Gasteiger partial charge in [0.05, 0.1) is 29.3 Å². The van der Waals surface area contributed by atoms with Crippen molar-refractivity contribution >= 4 is 28.6 Å². The van der Waals surface area contributed by atoms with E-state index >= 15 is 0 Å². The summed E-state index contributed by atoms with van der Waals surface area (Å²) in [6.07, 6.45) is 8.28. The molecule has 2 fully saturated rings. The van der Waals surface area contributed by atoms with Crippen LogP contribution in [-0.4, -0.2) is 40.5 Å². The van der Waals surface area contributed by atoms with Gasteiger partial charge >= 0.3 is 0 Å². The smallest absolute Gasteiger partial charge is 0.262 e.